The van der Waals surface area contributed by atoms with Crippen molar-refractivity contribution in [2.24, 2.45) is 0 Å². The lowest BCUT2D eigenvalue weighted by Gasteiger charge is -2.05. The standard InChI is InChI=1S/C14H7ClN4O2/c15-9-5-4-8(7-16)12(6-9)19-11-3-1-2-10(14(20)21)13(11)17-18-19/h1-6H,(H,20,21). The molecule has 7 heteroatoms. The highest BCUT2D eigenvalue weighted by Gasteiger charge is 2.16. The summed E-state index contributed by atoms with van der Waals surface area (Å²) in [7, 11) is 0. The van der Waals surface area contributed by atoms with Crippen LogP contribution in [0.5, 0.6) is 0 Å². The molecule has 1 N–H and O–H groups in total. The smallest absolute Gasteiger partial charge is 0.338 e. The molecule has 0 spiro atoms. The molecule has 6 nitrogen and oxygen atoms in total. The third-order valence-electron chi connectivity index (χ3n) is 3.02. The number of fused-ring (bicyclic) bond motifs is 1. The van der Waals surface area contributed by atoms with E-state index in [1.165, 1.54) is 10.7 Å². The normalized spacial score (nSPS) is 10.5. The van der Waals surface area contributed by atoms with Gasteiger partial charge in [0.15, 0.2) is 0 Å². The molecule has 1 heterocycles. The van der Waals surface area contributed by atoms with Gasteiger partial charge in [0.1, 0.15) is 11.6 Å². The van der Waals surface area contributed by atoms with Crippen LogP contribution in [0.25, 0.3) is 16.7 Å². The van der Waals surface area contributed by atoms with Crippen LogP contribution < -0.4 is 0 Å². The van der Waals surface area contributed by atoms with Crippen LogP contribution in [0.3, 0.4) is 0 Å². The molecule has 0 saturated carbocycles. The molecule has 0 fully saturated rings. The van der Waals surface area contributed by atoms with Crippen LogP contribution in [0, 0.1) is 11.3 Å². The number of nitrogens with zero attached hydrogens (tertiary/aromatic N) is 4. The average Bonchev–Trinajstić information content (AvgIpc) is 2.90. The SMILES string of the molecule is N#Cc1ccc(Cl)cc1-n1nnc2c(C(=O)O)cccc21. The molecule has 0 radical (unpaired) electrons. The van der Waals surface area contributed by atoms with Gasteiger partial charge in [0.25, 0.3) is 0 Å². The molecule has 3 aromatic rings. The van der Waals surface area contributed by atoms with Crippen LogP contribution in [0.15, 0.2) is 36.4 Å². The molecular weight excluding hydrogens is 292 g/mol. The van der Waals surface area contributed by atoms with Gasteiger partial charge in [0.05, 0.1) is 22.3 Å². The van der Waals surface area contributed by atoms with E-state index in [4.69, 9.17) is 16.7 Å². The number of carboxylic acids is 1. The lowest BCUT2D eigenvalue weighted by Crippen LogP contribution is -2.00. The van der Waals surface area contributed by atoms with Crippen LogP contribution >= 0.6 is 11.6 Å². The van der Waals surface area contributed by atoms with Gasteiger partial charge in [-0.25, -0.2) is 9.48 Å². The van der Waals surface area contributed by atoms with Crippen molar-refractivity contribution < 1.29 is 9.90 Å². The minimum atomic E-state index is -1.08. The van der Waals surface area contributed by atoms with Gasteiger partial charge in [-0.1, -0.05) is 22.9 Å². The van der Waals surface area contributed by atoms with E-state index in [2.05, 4.69) is 10.3 Å². The van der Waals surface area contributed by atoms with Crippen molar-refractivity contribution in [3.05, 3.63) is 52.5 Å². The first-order chi connectivity index (χ1) is 10.1. The molecule has 3 rings (SSSR count). The summed E-state index contributed by atoms with van der Waals surface area (Å²) in [4.78, 5) is 11.2. The largest absolute Gasteiger partial charge is 0.478 e. The van der Waals surface area contributed by atoms with Gasteiger partial charge >= 0.3 is 5.97 Å². The summed E-state index contributed by atoms with van der Waals surface area (Å²) in [5.74, 6) is -1.08. The van der Waals surface area contributed by atoms with E-state index < -0.39 is 5.97 Å². The van der Waals surface area contributed by atoms with E-state index in [1.54, 1.807) is 30.3 Å². The summed E-state index contributed by atoms with van der Waals surface area (Å²) in [5.41, 5.74) is 1.63. The van der Waals surface area contributed by atoms with Crippen LogP contribution in [0.4, 0.5) is 0 Å². The molecule has 0 aliphatic heterocycles. The number of nitriles is 1. The molecule has 0 unspecified atom stereocenters. The molecule has 1 aromatic heterocycles. The van der Waals surface area contributed by atoms with Crippen molar-refractivity contribution in [1.82, 2.24) is 15.0 Å². The van der Waals surface area contributed by atoms with E-state index in [1.807, 2.05) is 6.07 Å². The molecular formula is C14H7ClN4O2. The van der Waals surface area contributed by atoms with Crippen molar-refractivity contribution in [2.75, 3.05) is 0 Å². The number of benzene rings is 2. The van der Waals surface area contributed by atoms with E-state index in [0.717, 1.165) is 0 Å². The fraction of sp³-hybridized carbons (Fsp3) is 0. The Hall–Kier alpha value is -2.91. The molecule has 0 saturated heterocycles. The lowest BCUT2D eigenvalue weighted by molar-refractivity contribution is 0.0699. The fourth-order valence-electron chi connectivity index (χ4n) is 2.07. The first kappa shape index (κ1) is 13.1. The molecule has 2 aromatic carbocycles. The first-order valence-electron chi connectivity index (χ1n) is 5.89. The van der Waals surface area contributed by atoms with Gasteiger partial charge in [-0.15, -0.1) is 5.10 Å². The van der Waals surface area contributed by atoms with Gasteiger partial charge < -0.3 is 5.11 Å². The number of aromatic nitrogens is 3. The average molecular weight is 299 g/mol. The maximum atomic E-state index is 11.2. The summed E-state index contributed by atoms with van der Waals surface area (Å²) in [5, 5.41) is 26.6. The first-order valence-corrected chi connectivity index (χ1v) is 6.27. The molecule has 0 bridgehead atoms. The fourth-order valence-corrected chi connectivity index (χ4v) is 2.24. The molecule has 0 amide bonds. The zero-order valence-electron chi connectivity index (χ0n) is 10.5. The Morgan fingerprint density at radius 2 is 2.14 bits per heavy atom. The zero-order chi connectivity index (χ0) is 15.0. The Balaban J connectivity index is 2.33. The monoisotopic (exact) mass is 298 g/mol. The number of aromatic carboxylic acids is 1. The second kappa shape index (κ2) is 4.89. The van der Waals surface area contributed by atoms with E-state index >= 15 is 0 Å². The zero-order valence-corrected chi connectivity index (χ0v) is 11.2. The predicted molar refractivity (Wildman–Crippen MR) is 75.5 cm³/mol. The number of carbonyl (C=O) groups is 1. The van der Waals surface area contributed by atoms with Crippen LogP contribution in [0.2, 0.25) is 5.02 Å². The van der Waals surface area contributed by atoms with Gasteiger partial charge in [0.2, 0.25) is 0 Å². The summed E-state index contributed by atoms with van der Waals surface area (Å²) >= 11 is 5.96. The van der Waals surface area contributed by atoms with Gasteiger partial charge in [-0.2, -0.15) is 5.26 Å². The quantitative estimate of drug-likeness (QED) is 0.785. The van der Waals surface area contributed by atoms with Crippen molar-refractivity contribution in [3.63, 3.8) is 0 Å². The number of halogens is 1. The van der Waals surface area contributed by atoms with Crippen LogP contribution in [-0.2, 0) is 0 Å². The third kappa shape index (κ3) is 2.10. The lowest BCUT2D eigenvalue weighted by atomic mass is 10.1. The summed E-state index contributed by atoms with van der Waals surface area (Å²) in [6.07, 6.45) is 0. The Labute approximate surface area is 123 Å². The van der Waals surface area contributed by atoms with Crippen LogP contribution in [-0.4, -0.2) is 26.1 Å². The molecule has 102 valence electrons. The Morgan fingerprint density at radius 1 is 1.33 bits per heavy atom. The second-order valence-corrected chi connectivity index (χ2v) is 4.69. The minimum absolute atomic E-state index is 0.0549. The van der Waals surface area contributed by atoms with Crippen molar-refractivity contribution in [1.29, 1.82) is 5.26 Å². The molecule has 21 heavy (non-hydrogen) atoms. The highest BCUT2D eigenvalue weighted by Crippen LogP contribution is 2.24. The minimum Gasteiger partial charge on any atom is -0.478 e. The number of hydrogen-bond donors (Lipinski definition) is 1. The summed E-state index contributed by atoms with van der Waals surface area (Å²) in [6, 6.07) is 11.5. The molecule has 0 aliphatic carbocycles. The summed E-state index contributed by atoms with van der Waals surface area (Å²) in [6.45, 7) is 0. The molecule has 0 atom stereocenters. The Kier molecular flexibility index (Phi) is 3.05. The molecule has 0 aliphatic rings. The second-order valence-electron chi connectivity index (χ2n) is 4.25. The number of rotatable bonds is 2. The number of carboxylic acid groups (broad SMARTS) is 1. The predicted octanol–water partition coefficient (Wildman–Crippen LogP) is 2.64. The van der Waals surface area contributed by atoms with Gasteiger partial charge in [-0.3, -0.25) is 0 Å². The van der Waals surface area contributed by atoms with Gasteiger partial charge in [-0.05, 0) is 30.3 Å². The van der Waals surface area contributed by atoms with Crippen molar-refractivity contribution in [2.45, 2.75) is 0 Å². The third-order valence-corrected chi connectivity index (χ3v) is 3.25. The van der Waals surface area contributed by atoms with Crippen molar-refractivity contribution in [3.8, 4) is 11.8 Å². The topological polar surface area (TPSA) is 91.8 Å². The Bertz CT molecular complexity index is 911. The van der Waals surface area contributed by atoms with Gasteiger partial charge in [0, 0.05) is 5.02 Å². The highest BCUT2D eigenvalue weighted by molar-refractivity contribution is 6.30. The number of hydrogen-bond acceptors (Lipinski definition) is 4. The van der Waals surface area contributed by atoms with Crippen molar-refractivity contribution >= 4 is 28.6 Å². The van der Waals surface area contributed by atoms with E-state index in [-0.39, 0.29) is 11.1 Å². The maximum Gasteiger partial charge on any atom is 0.338 e. The maximum absolute atomic E-state index is 11.2. The highest BCUT2D eigenvalue weighted by atomic mass is 35.5. The van der Waals surface area contributed by atoms with E-state index in [0.29, 0.717) is 21.8 Å². The Morgan fingerprint density at radius 3 is 2.86 bits per heavy atom. The van der Waals surface area contributed by atoms with Crippen LogP contribution in [0.1, 0.15) is 15.9 Å². The van der Waals surface area contributed by atoms with E-state index in [9.17, 15) is 10.1 Å². The summed E-state index contributed by atoms with van der Waals surface area (Å²) < 4.78 is 1.41.